The van der Waals surface area contributed by atoms with Gasteiger partial charge >= 0.3 is 0 Å². The fourth-order valence-corrected chi connectivity index (χ4v) is 2.09. The summed E-state index contributed by atoms with van der Waals surface area (Å²) >= 11 is 11.5. The van der Waals surface area contributed by atoms with Crippen LogP contribution in [0.2, 0.25) is 10.0 Å². The van der Waals surface area contributed by atoms with Crippen molar-refractivity contribution in [2.75, 3.05) is 0 Å². The Hall–Kier alpha value is -2.18. The summed E-state index contributed by atoms with van der Waals surface area (Å²) < 4.78 is 6.32. The van der Waals surface area contributed by atoms with E-state index in [1.165, 1.54) is 6.20 Å². The van der Waals surface area contributed by atoms with Gasteiger partial charge in [0.2, 0.25) is 0 Å². The highest BCUT2D eigenvalue weighted by Crippen LogP contribution is 2.18. The Morgan fingerprint density at radius 1 is 1.23 bits per heavy atom. The second kappa shape index (κ2) is 5.90. The van der Waals surface area contributed by atoms with E-state index >= 15 is 0 Å². The molecule has 0 spiro atoms. The van der Waals surface area contributed by atoms with Crippen LogP contribution in [0, 0.1) is 6.92 Å². The van der Waals surface area contributed by atoms with E-state index in [1.54, 1.807) is 0 Å². The molecule has 8 heteroatoms. The van der Waals surface area contributed by atoms with Gasteiger partial charge in [0.05, 0.1) is 11.2 Å². The highest BCUT2D eigenvalue weighted by Gasteiger charge is 2.12. The van der Waals surface area contributed by atoms with Gasteiger partial charge < -0.3 is 4.52 Å². The molecule has 112 valence electrons. The smallest absolute Gasteiger partial charge is 0.287 e. The Kier molecular flexibility index (Phi) is 3.96. The minimum atomic E-state index is -0.504. The monoisotopic (exact) mass is 336 g/mol. The van der Waals surface area contributed by atoms with Crippen LogP contribution >= 0.6 is 23.2 Å². The van der Waals surface area contributed by atoms with Crippen molar-refractivity contribution in [1.82, 2.24) is 19.9 Å². The van der Waals surface area contributed by atoms with Gasteiger partial charge in [-0.05, 0) is 19.1 Å². The molecule has 0 saturated carbocycles. The standard InChI is InChI=1S/C14H10Cl2N4O2/c1-8-2-4-9(5-3-8)13-18-11(19-22-13)7-20-14(21)12(16)10(15)6-17-20/h2-6H,7H2,1H3. The Labute approximate surface area is 135 Å². The van der Waals surface area contributed by atoms with Gasteiger partial charge in [-0.3, -0.25) is 4.79 Å². The summed E-state index contributed by atoms with van der Waals surface area (Å²) in [4.78, 5) is 16.2. The van der Waals surface area contributed by atoms with Crippen LogP contribution in [-0.4, -0.2) is 19.9 Å². The lowest BCUT2D eigenvalue weighted by Crippen LogP contribution is -2.24. The van der Waals surface area contributed by atoms with E-state index in [0.29, 0.717) is 11.7 Å². The number of benzene rings is 1. The molecule has 2 heterocycles. The molecule has 0 bridgehead atoms. The maximum atomic E-state index is 11.9. The number of aryl methyl sites for hydroxylation is 1. The molecule has 6 nitrogen and oxygen atoms in total. The molecule has 0 unspecified atom stereocenters. The van der Waals surface area contributed by atoms with E-state index in [2.05, 4.69) is 15.2 Å². The average molecular weight is 337 g/mol. The molecule has 0 N–H and O–H groups in total. The first-order valence-corrected chi connectivity index (χ1v) is 7.11. The van der Waals surface area contributed by atoms with Crippen molar-refractivity contribution >= 4 is 23.2 Å². The third-order valence-electron chi connectivity index (χ3n) is 3.00. The zero-order valence-electron chi connectivity index (χ0n) is 11.5. The normalized spacial score (nSPS) is 10.9. The van der Waals surface area contributed by atoms with Crippen LogP contribution < -0.4 is 5.56 Å². The van der Waals surface area contributed by atoms with E-state index < -0.39 is 5.56 Å². The SMILES string of the molecule is Cc1ccc(-c2nc(Cn3ncc(Cl)c(Cl)c3=O)no2)cc1. The minimum Gasteiger partial charge on any atom is -0.334 e. The molecule has 0 aliphatic carbocycles. The Morgan fingerprint density at radius 3 is 2.68 bits per heavy atom. The van der Waals surface area contributed by atoms with Gasteiger partial charge in [0.25, 0.3) is 11.4 Å². The van der Waals surface area contributed by atoms with Crippen LogP contribution in [0.5, 0.6) is 0 Å². The van der Waals surface area contributed by atoms with E-state index in [4.69, 9.17) is 27.7 Å². The summed E-state index contributed by atoms with van der Waals surface area (Å²) in [7, 11) is 0. The van der Waals surface area contributed by atoms with Crippen LogP contribution in [0.1, 0.15) is 11.4 Å². The van der Waals surface area contributed by atoms with Gasteiger partial charge in [0.15, 0.2) is 5.82 Å². The number of nitrogens with zero attached hydrogens (tertiary/aromatic N) is 4. The molecule has 0 saturated heterocycles. The molecule has 22 heavy (non-hydrogen) atoms. The van der Waals surface area contributed by atoms with Crippen LogP contribution in [0.25, 0.3) is 11.5 Å². The number of halogens is 2. The zero-order valence-corrected chi connectivity index (χ0v) is 13.0. The lowest BCUT2D eigenvalue weighted by atomic mass is 10.1. The molecular formula is C14H10Cl2N4O2. The number of hydrogen-bond acceptors (Lipinski definition) is 5. The molecule has 0 radical (unpaired) electrons. The van der Waals surface area contributed by atoms with Crippen molar-refractivity contribution in [3.05, 3.63) is 62.2 Å². The quantitative estimate of drug-likeness (QED) is 0.735. The fourth-order valence-electron chi connectivity index (χ4n) is 1.82. The summed E-state index contributed by atoms with van der Waals surface area (Å²) in [5.41, 5.74) is 1.43. The summed E-state index contributed by atoms with van der Waals surface area (Å²) in [6.07, 6.45) is 1.30. The first-order valence-electron chi connectivity index (χ1n) is 6.35. The van der Waals surface area contributed by atoms with Gasteiger partial charge in [0.1, 0.15) is 11.6 Å². The van der Waals surface area contributed by atoms with Crippen molar-refractivity contribution in [1.29, 1.82) is 0 Å². The van der Waals surface area contributed by atoms with Crippen molar-refractivity contribution in [3.8, 4) is 11.5 Å². The molecule has 2 aromatic heterocycles. The molecule has 0 atom stereocenters. The third-order valence-corrected chi connectivity index (χ3v) is 3.75. The van der Waals surface area contributed by atoms with E-state index in [-0.39, 0.29) is 16.6 Å². The van der Waals surface area contributed by atoms with Crippen LogP contribution in [0.4, 0.5) is 0 Å². The summed E-state index contributed by atoms with van der Waals surface area (Å²) in [5, 5.41) is 7.76. The molecule has 3 aromatic rings. The van der Waals surface area contributed by atoms with Crippen LogP contribution in [0.15, 0.2) is 39.8 Å². The number of rotatable bonds is 3. The van der Waals surface area contributed by atoms with Crippen molar-refractivity contribution < 1.29 is 4.52 Å². The molecule has 0 fully saturated rings. The summed E-state index contributed by atoms with van der Waals surface area (Å²) in [6, 6.07) is 7.67. The van der Waals surface area contributed by atoms with Gasteiger partial charge in [0, 0.05) is 5.56 Å². The van der Waals surface area contributed by atoms with E-state index in [0.717, 1.165) is 15.8 Å². The van der Waals surface area contributed by atoms with Crippen LogP contribution in [-0.2, 0) is 6.54 Å². The third kappa shape index (κ3) is 2.88. The molecule has 1 aromatic carbocycles. The maximum absolute atomic E-state index is 11.9. The molecule has 0 aliphatic rings. The van der Waals surface area contributed by atoms with Crippen LogP contribution in [0.3, 0.4) is 0 Å². The van der Waals surface area contributed by atoms with Gasteiger partial charge in [-0.2, -0.15) is 10.1 Å². The topological polar surface area (TPSA) is 73.8 Å². The lowest BCUT2D eigenvalue weighted by Gasteiger charge is -2.01. The molecule has 3 rings (SSSR count). The highest BCUT2D eigenvalue weighted by molar-refractivity contribution is 6.41. The molecule has 0 aliphatic heterocycles. The first kappa shape index (κ1) is 14.7. The Morgan fingerprint density at radius 2 is 1.95 bits per heavy atom. The lowest BCUT2D eigenvalue weighted by molar-refractivity contribution is 0.417. The second-order valence-corrected chi connectivity index (χ2v) is 5.44. The van der Waals surface area contributed by atoms with E-state index in [9.17, 15) is 4.79 Å². The second-order valence-electron chi connectivity index (χ2n) is 4.65. The molecule has 0 amide bonds. The Bertz CT molecular complexity index is 871. The maximum Gasteiger partial charge on any atom is 0.287 e. The molecular weight excluding hydrogens is 327 g/mol. The van der Waals surface area contributed by atoms with Crippen molar-refractivity contribution in [3.63, 3.8) is 0 Å². The summed E-state index contributed by atoms with van der Waals surface area (Å²) in [5.74, 6) is 0.701. The van der Waals surface area contributed by atoms with Gasteiger partial charge in [-0.15, -0.1) is 0 Å². The summed E-state index contributed by atoms with van der Waals surface area (Å²) in [6.45, 7) is 2.04. The van der Waals surface area contributed by atoms with E-state index in [1.807, 2.05) is 31.2 Å². The highest BCUT2D eigenvalue weighted by atomic mass is 35.5. The average Bonchev–Trinajstić information content (AvgIpc) is 2.97. The predicted molar refractivity (Wildman–Crippen MR) is 82.1 cm³/mol. The largest absolute Gasteiger partial charge is 0.334 e. The predicted octanol–water partition coefficient (Wildman–Crippen LogP) is 2.96. The van der Waals surface area contributed by atoms with Crippen molar-refractivity contribution in [2.45, 2.75) is 13.5 Å². The fraction of sp³-hybridized carbons (Fsp3) is 0.143. The minimum absolute atomic E-state index is 0.0467. The van der Waals surface area contributed by atoms with Gasteiger partial charge in [-0.25, -0.2) is 4.68 Å². The number of hydrogen-bond donors (Lipinski definition) is 0. The Balaban J connectivity index is 1.87. The van der Waals surface area contributed by atoms with Crippen molar-refractivity contribution in [2.24, 2.45) is 0 Å². The number of aromatic nitrogens is 4. The van der Waals surface area contributed by atoms with Gasteiger partial charge in [-0.1, -0.05) is 46.1 Å². The zero-order chi connectivity index (χ0) is 15.7. The first-order chi connectivity index (χ1) is 10.5.